The van der Waals surface area contributed by atoms with Crippen molar-refractivity contribution in [2.45, 2.75) is 45.4 Å². The minimum atomic E-state index is -0.602. The third kappa shape index (κ3) is 5.10. The highest BCUT2D eigenvalue weighted by Gasteiger charge is 2.14. The summed E-state index contributed by atoms with van der Waals surface area (Å²) in [5, 5.41) is 19.9. The van der Waals surface area contributed by atoms with Crippen molar-refractivity contribution in [2.24, 2.45) is 0 Å². The molecule has 2 aromatic rings. The Bertz CT molecular complexity index is 625. The van der Waals surface area contributed by atoms with Crippen LogP contribution in [0.4, 0.5) is 10.5 Å². The lowest BCUT2D eigenvalue weighted by atomic mass is 10.0. The molecule has 0 aliphatic rings. The Labute approximate surface area is 136 Å². The van der Waals surface area contributed by atoms with E-state index in [0.717, 1.165) is 5.56 Å². The third-order valence-corrected chi connectivity index (χ3v) is 3.53. The fourth-order valence-electron chi connectivity index (χ4n) is 2.28. The standard InChI is InChI=1S/C17H24N4O2/c1-12(2)21-11-15(10-18-21)20-17(23)19-13(3)9-16(22)14-7-5-4-6-8-14/h4-8,10-13,16,22H,9H2,1-3H3,(H2,19,20,23)/t13-,16+/m0/s1. The summed E-state index contributed by atoms with van der Waals surface area (Å²) in [4.78, 5) is 12.0. The van der Waals surface area contributed by atoms with Gasteiger partial charge < -0.3 is 15.7 Å². The lowest BCUT2D eigenvalue weighted by Gasteiger charge is -2.18. The number of aliphatic hydroxyl groups excluding tert-OH is 1. The first kappa shape index (κ1) is 17.0. The normalized spacial score (nSPS) is 13.6. The van der Waals surface area contributed by atoms with E-state index in [1.54, 1.807) is 17.1 Å². The summed E-state index contributed by atoms with van der Waals surface area (Å²) in [6.07, 6.45) is 3.25. The van der Waals surface area contributed by atoms with Gasteiger partial charge in [0.05, 0.1) is 18.0 Å². The maximum absolute atomic E-state index is 12.0. The maximum atomic E-state index is 12.0. The first-order chi connectivity index (χ1) is 11.0. The number of carbonyl (C=O) groups excluding carboxylic acids is 1. The average molecular weight is 316 g/mol. The van der Waals surface area contributed by atoms with Gasteiger partial charge in [-0.05, 0) is 32.8 Å². The Hall–Kier alpha value is -2.34. The molecule has 2 rings (SSSR count). The smallest absolute Gasteiger partial charge is 0.319 e. The Morgan fingerprint density at radius 2 is 1.96 bits per heavy atom. The number of carbonyl (C=O) groups is 1. The number of aliphatic hydroxyl groups is 1. The SMILES string of the molecule is CC(C)n1cc(NC(=O)N[C@@H](C)C[C@@H](O)c2ccccc2)cn1. The summed E-state index contributed by atoms with van der Waals surface area (Å²) in [5.74, 6) is 0. The van der Waals surface area contributed by atoms with Crippen LogP contribution in [0.3, 0.4) is 0 Å². The first-order valence-electron chi connectivity index (χ1n) is 7.80. The minimum Gasteiger partial charge on any atom is -0.388 e. The van der Waals surface area contributed by atoms with Gasteiger partial charge in [0.1, 0.15) is 0 Å². The number of aromatic nitrogens is 2. The van der Waals surface area contributed by atoms with Crippen molar-refractivity contribution in [1.29, 1.82) is 0 Å². The van der Waals surface area contributed by atoms with Crippen LogP contribution in [-0.2, 0) is 0 Å². The predicted octanol–water partition coefficient (Wildman–Crippen LogP) is 3.10. The number of amides is 2. The van der Waals surface area contributed by atoms with Gasteiger partial charge in [0.25, 0.3) is 0 Å². The van der Waals surface area contributed by atoms with Crippen LogP contribution in [-0.4, -0.2) is 27.0 Å². The van der Waals surface area contributed by atoms with Crippen LogP contribution in [0.5, 0.6) is 0 Å². The molecule has 0 bridgehead atoms. The molecule has 0 saturated carbocycles. The molecule has 6 heteroatoms. The van der Waals surface area contributed by atoms with Crippen molar-refractivity contribution < 1.29 is 9.90 Å². The van der Waals surface area contributed by atoms with Crippen molar-refractivity contribution in [1.82, 2.24) is 15.1 Å². The average Bonchev–Trinajstić information content (AvgIpc) is 2.96. The molecule has 3 N–H and O–H groups in total. The molecule has 1 aromatic carbocycles. The second-order valence-corrected chi connectivity index (χ2v) is 5.96. The predicted molar refractivity (Wildman–Crippen MR) is 90.2 cm³/mol. The Kier molecular flexibility index (Phi) is 5.76. The number of hydrogen-bond acceptors (Lipinski definition) is 3. The molecule has 0 spiro atoms. The molecule has 2 atom stereocenters. The monoisotopic (exact) mass is 316 g/mol. The van der Waals surface area contributed by atoms with Gasteiger partial charge in [-0.25, -0.2) is 4.79 Å². The number of hydrogen-bond donors (Lipinski definition) is 3. The molecule has 0 radical (unpaired) electrons. The van der Waals surface area contributed by atoms with E-state index < -0.39 is 6.10 Å². The number of benzene rings is 1. The van der Waals surface area contributed by atoms with Gasteiger partial charge in [-0.3, -0.25) is 4.68 Å². The molecule has 0 aliphatic heterocycles. The van der Waals surface area contributed by atoms with Crippen LogP contribution >= 0.6 is 0 Å². The van der Waals surface area contributed by atoms with E-state index in [4.69, 9.17) is 0 Å². The largest absolute Gasteiger partial charge is 0.388 e. The van der Waals surface area contributed by atoms with E-state index in [1.165, 1.54) is 0 Å². The quantitative estimate of drug-likeness (QED) is 0.766. The van der Waals surface area contributed by atoms with Crippen molar-refractivity contribution in [2.75, 3.05) is 5.32 Å². The summed E-state index contributed by atoms with van der Waals surface area (Å²) in [6.45, 7) is 5.90. The molecule has 23 heavy (non-hydrogen) atoms. The second-order valence-electron chi connectivity index (χ2n) is 5.96. The molecular formula is C17H24N4O2. The zero-order chi connectivity index (χ0) is 16.8. The van der Waals surface area contributed by atoms with Crippen molar-refractivity contribution in [3.8, 4) is 0 Å². The Balaban J connectivity index is 1.82. The van der Waals surface area contributed by atoms with Crippen molar-refractivity contribution in [3.05, 3.63) is 48.3 Å². The molecule has 1 aromatic heterocycles. The Morgan fingerprint density at radius 3 is 2.57 bits per heavy atom. The molecule has 0 saturated heterocycles. The van der Waals surface area contributed by atoms with E-state index in [0.29, 0.717) is 12.1 Å². The maximum Gasteiger partial charge on any atom is 0.319 e. The minimum absolute atomic E-state index is 0.162. The molecule has 0 aliphatic carbocycles. The van der Waals surface area contributed by atoms with E-state index in [-0.39, 0.29) is 18.1 Å². The molecule has 0 fully saturated rings. The lowest BCUT2D eigenvalue weighted by Crippen LogP contribution is -2.36. The van der Waals surface area contributed by atoms with Crippen LogP contribution in [0.1, 0.15) is 44.9 Å². The van der Waals surface area contributed by atoms with Gasteiger partial charge >= 0.3 is 6.03 Å². The van der Waals surface area contributed by atoms with Crippen LogP contribution in [0.15, 0.2) is 42.7 Å². The van der Waals surface area contributed by atoms with Gasteiger partial charge in [-0.2, -0.15) is 5.10 Å². The summed E-state index contributed by atoms with van der Waals surface area (Å²) >= 11 is 0. The first-order valence-corrected chi connectivity index (χ1v) is 7.80. The highest BCUT2D eigenvalue weighted by molar-refractivity contribution is 5.89. The molecular weight excluding hydrogens is 292 g/mol. The molecule has 1 heterocycles. The van der Waals surface area contributed by atoms with Crippen LogP contribution < -0.4 is 10.6 Å². The van der Waals surface area contributed by atoms with E-state index >= 15 is 0 Å². The highest BCUT2D eigenvalue weighted by atomic mass is 16.3. The van der Waals surface area contributed by atoms with Crippen LogP contribution in [0.2, 0.25) is 0 Å². The summed E-state index contributed by atoms with van der Waals surface area (Å²) in [7, 11) is 0. The molecule has 2 amide bonds. The van der Waals surface area contributed by atoms with Crippen molar-refractivity contribution in [3.63, 3.8) is 0 Å². The van der Waals surface area contributed by atoms with Gasteiger partial charge in [0, 0.05) is 18.3 Å². The van der Waals surface area contributed by atoms with Crippen LogP contribution in [0.25, 0.3) is 0 Å². The fraction of sp³-hybridized carbons (Fsp3) is 0.412. The molecule has 0 unspecified atom stereocenters. The number of rotatable bonds is 6. The van der Waals surface area contributed by atoms with Gasteiger partial charge in [-0.1, -0.05) is 30.3 Å². The summed E-state index contributed by atoms with van der Waals surface area (Å²) in [5.41, 5.74) is 1.49. The lowest BCUT2D eigenvalue weighted by molar-refractivity contribution is 0.155. The fourth-order valence-corrected chi connectivity index (χ4v) is 2.28. The number of urea groups is 1. The zero-order valence-electron chi connectivity index (χ0n) is 13.7. The van der Waals surface area contributed by atoms with Gasteiger partial charge in [0.15, 0.2) is 0 Å². The second kappa shape index (κ2) is 7.78. The highest BCUT2D eigenvalue weighted by Crippen LogP contribution is 2.17. The number of nitrogens with zero attached hydrogens (tertiary/aromatic N) is 2. The molecule has 124 valence electrons. The van der Waals surface area contributed by atoms with E-state index in [1.807, 2.05) is 51.1 Å². The topological polar surface area (TPSA) is 79.2 Å². The van der Waals surface area contributed by atoms with Crippen LogP contribution in [0, 0.1) is 0 Å². The van der Waals surface area contributed by atoms with E-state index in [2.05, 4.69) is 15.7 Å². The number of anilines is 1. The number of nitrogens with one attached hydrogen (secondary N) is 2. The zero-order valence-corrected chi connectivity index (χ0v) is 13.7. The Morgan fingerprint density at radius 1 is 1.26 bits per heavy atom. The van der Waals surface area contributed by atoms with Gasteiger partial charge in [0.2, 0.25) is 0 Å². The summed E-state index contributed by atoms with van der Waals surface area (Å²) in [6, 6.07) is 9.20. The summed E-state index contributed by atoms with van der Waals surface area (Å²) < 4.78 is 1.78. The molecule has 6 nitrogen and oxygen atoms in total. The third-order valence-electron chi connectivity index (χ3n) is 3.53. The van der Waals surface area contributed by atoms with E-state index in [9.17, 15) is 9.90 Å². The van der Waals surface area contributed by atoms with Gasteiger partial charge in [-0.15, -0.1) is 0 Å². The van der Waals surface area contributed by atoms with Crippen molar-refractivity contribution >= 4 is 11.7 Å².